The highest BCUT2D eigenvalue weighted by atomic mass is 19.1. The van der Waals surface area contributed by atoms with Crippen LogP contribution in [0.2, 0.25) is 0 Å². The van der Waals surface area contributed by atoms with Crippen LogP contribution in [0.1, 0.15) is 16.7 Å². The molecular weight excluding hydrogens is 417 g/mol. The maximum absolute atomic E-state index is 13.6. The number of halogens is 1. The number of hydrogen-bond donors (Lipinski definition) is 2. The summed E-state index contributed by atoms with van der Waals surface area (Å²) >= 11 is 0. The number of rotatable bonds is 8. The highest BCUT2D eigenvalue weighted by Gasteiger charge is 2.13. The van der Waals surface area contributed by atoms with Crippen LogP contribution in [0.25, 0.3) is 0 Å². The van der Waals surface area contributed by atoms with Gasteiger partial charge in [0.05, 0.1) is 11.3 Å². The highest BCUT2D eigenvalue weighted by molar-refractivity contribution is 6.02. The molecule has 166 valence electrons. The van der Waals surface area contributed by atoms with Crippen molar-refractivity contribution in [2.75, 3.05) is 0 Å². The minimum atomic E-state index is -0.377. The van der Waals surface area contributed by atoms with E-state index >= 15 is 0 Å². The second-order valence-electron chi connectivity index (χ2n) is 7.29. The smallest absolute Gasteiger partial charge is 0.151 e. The van der Waals surface area contributed by atoms with E-state index in [1.807, 2.05) is 72.8 Å². The zero-order valence-corrected chi connectivity index (χ0v) is 17.9. The van der Waals surface area contributed by atoms with Crippen LogP contribution in [0.4, 0.5) is 10.1 Å². The summed E-state index contributed by atoms with van der Waals surface area (Å²) in [5.41, 5.74) is 5.75. The zero-order valence-electron chi connectivity index (χ0n) is 17.9. The number of nitrogens with one attached hydrogen (secondary N) is 1. The lowest BCUT2D eigenvalue weighted by atomic mass is 10.1. The number of amidine groups is 1. The van der Waals surface area contributed by atoms with Crippen molar-refractivity contribution < 1.29 is 13.9 Å². The van der Waals surface area contributed by atoms with Gasteiger partial charge in [0.2, 0.25) is 0 Å². The average molecular weight is 442 g/mol. The molecule has 6 heteroatoms. The van der Waals surface area contributed by atoms with Crippen LogP contribution >= 0.6 is 0 Å². The molecule has 0 atom stereocenters. The van der Waals surface area contributed by atoms with Gasteiger partial charge in [-0.25, -0.2) is 15.2 Å². The van der Waals surface area contributed by atoms with Crippen molar-refractivity contribution in [3.05, 3.63) is 126 Å². The van der Waals surface area contributed by atoms with Crippen LogP contribution in [0.15, 0.2) is 108 Å². The molecule has 0 radical (unpaired) electrons. The number of hydrazine groups is 1. The molecule has 4 aromatic carbocycles. The molecule has 0 aliphatic carbocycles. The molecule has 0 aliphatic heterocycles. The summed E-state index contributed by atoms with van der Waals surface area (Å²) < 4.78 is 25.7. The van der Waals surface area contributed by atoms with E-state index < -0.39 is 0 Å². The van der Waals surface area contributed by atoms with Gasteiger partial charge in [-0.15, -0.1) is 0 Å². The summed E-state index contributed by atoms with van der Waals surface area (Å²) in [5.74, 6) is 6.93. The third-order valence-electron chi connectivity index (χ3n) is 4.88. The van der Waals surface area contributed by atoms with E-state index in [0.29, 0.717) is 41.8 Å². The Bertz CT molecular complexity index is 1210. The van der Waals surface area contributed by atoms with Crippen LogP contribution in [-0.4, -0.2) is 5.84 Å². The van der Waals surface area contributed by atoms with Crippen molar-refractivity contribution in [1.29, 1.82) is 0 Å². The monoisotopic (exact) mass is 441 g/mol. The molecule has 0 heterocycles. The van der Waals surface area contributed by atoms with Crippen molar-refractivity contribution >= 4 is 11.5 Å². The molecule has 0 saturated heterocycles. The van der Waals surface area contributed by atoms with E-state index in [4.69, 9.17) is 15.3 Å². The van der Waals surface area contributed by atoms with E-state index in [2.05, 4.69) is 10.4 Å². The van der Waals surface area contributed by atoms with Gasteiger partial charge in [0.25, 0.3) is 0 Å². The third-order valence-corrected chi connectivity index (χ3v) is 4.88. The fourth-order valence-electron chi connectivity index (χ4n) is 3.23. The molecule has 5 nitrogen and oxygen atoms in total. The first-order valence-corrected chi connectivity index (χ1v) is 10.5. The topological polar surface area (TPSA) is 68.9 Å². The summed E-state index contributed by atoms with van der Waals surface area (Å²) in [6.45, 7) is 0.783. The fraction of sp³-hybridized carbons (Fsp3) is 0.0741. The normalized spacial score (nSPS) is 11.2. The number of ether oxygens (including phenoxy) is 2. The second-order valence-corrected chi connectivity index (χ2v) is 7.29. The minimum Gasteiger partial charge on any atom is -0.489 e. The Kier molecular flexibility index (Phi) is 7.30. The quantitative estimate of drug-likeness (QED) is 0.163. The van der Waals surface area contributed by atoms with Gasteiger partial charge in [-0.1, -0.05) is 66.7 Å². The third kappa shape index (κ3) is 6.18. The lowest BCUT2D eigenvalue weighted by molar-refractivity contribution is 0.289. The molecule has 0 aliphatic rings. The average Bonchev–Trinajstić information content (AvgIpc) is 2.86. The van der Waals surface area contributed by atoms with Gasteiger partial charge in [-0.05, 0) is 41.5 Å². The number of hydrogen-bond acceptors (Lipinski definition) is 4. The van der Waals surface area contributed by atoms with E-state index in [1.165, 1.54) is 12.1 Å². The lowest BCUT2D eigenvalue weighted by Crippen LogP contribution is -2.31. The molecule has 0 aromatic heterocycles. The van der Waals surface area contributed by atoms with Gasteiger partial charge in [-0.2, -0.15) is 0 Å². The van der Waals surface area contributed by atoms with E-state index in [0.717, 1.165) is 11.1 Å². The Balaban J connectivity index is 1.63. The molecule has 0 unspecified atom stereocenters. The van der Waals surface area contributed by atoms with Gasteiger partial charge in [-0.3, -0.25) is 0 Å². The standard InChI is InChI=1S/C27H24FN3O2/c28-22-12-7-13-23(16-22)30-27(31-29)25-15-14-24(32-18-20-8-3-1-4-9-20)17-26(25)33-19-21-10-5-2-6-11-21/h1-17H,18-19,29H2,(H,30,31). The van der Waals surface area contributed by atoms with E-state index in [9.17, 15) is 4.39 Å². The number of benzene rings is 4. The summed E-state index contributed by atoms with van der Waals surface area (Å²) in [6, 6.07) is 31.2. The maximum Gasteiger partial charge on any atom is 0.151 e. The first-order valence-electron chi connectivity index (χ1n) is 10.5. The molecule has 0 bridgehead atoms. The molecule has 4 rings (SSSR count). The van der Waals surface area contributed by atoms with Crippen molar-refractivity contribution in [2.24, 2.45) is 10.8 Å². The van der Waals surface area contributed by atoms with Gasteiger partial charge < -0.3 is 14.9 Å². The first kappa shape index (κ1) is 22.0. The Morgan fingerprint density at radius 3 is 2.06 bits per heavy atom. The summed E-state index contributed by atoms with van der Waals surface area (Å²) in [7, 11) is 0. The molecule has 4 aromatic rings. The number of nitrogens with zero attached hydrogens (tertiary/aromatic N) is 1. The lowest BCUT2D eigenvalue weighted by Gasteiger charge is -2.15. The van der Waals surface area contributed by atoms with Crippen molar-refractivity contribution in [2.45, 2.75) is 13.2 Å². The second kappa shape index (κ2) is 10.9. The van der Waals surface area contributed by atoms with Crippen molar-refractivity contribution in [3.63, 3.8) is 0 Å². The SMILES string of the molecule is NNC(=Nc1cccc(F)c1)c1ccc(OCc2ccccc2)cc1OCc1ccccc1. The Morgan fingerprint density at radius 2 is 1.42 bits per heavy atom. The summed E-state index contributed by atoms with van der Waals surface area (Å²) in [4.78, 5) is 4.47. The van der Waals surface area contributed by atoms with Crippen LogP contribution in [0.3, 0.4) is 0 Å². The van der Waals surface area contributed by atoms with Crippen LogP contribution < -0.4 is 20.7 Å². The van der Waals surface area contributed by atoms with Crippen LogP contribution in [-0.2, 0) is 13.2 Å². The Hall–Kier alpha value is -4.16. The largest absolute Gasteiger partial charge is 0.489 e. The molecule has 33 heavy (non-hydrogen) atoms. The van der Waals surface area contributed by atoms with E-state index in [-0.39, 0.29) is 5.82 Å². The Labute approximate surface area is 192 Å². The number of aliphatic imine (C=N–C) groups is 1. The summed E-state index contributed by atoms with van der Waals surface area (Å²) in [6.07, 6.45) is 0. The van der Waals surface area contributed by atoms with Crippen LogP contribution in [0, 0.1) is 5.82 Å². The molecule has 0 saturated carbocycles. The first-order chi connectivity index (χ1) is 16.2. The maximum atomic E-state index is 13.6. The van der Waals surface area contributed by atoms with E-state index in [1.54, 1.807) is 18.2 Å². The fourth-order valence-corrected chi connectivity index (χ4v) is 3.23. The predicted octanol–water partition coefficient (Wildman–Crippen LogP) is 5.53. The number of nitrogens with two attached hydrogens (primary N) is 1. The van der Waals surface area contributed by atoms with Gasteiger partial charge in [0.15, 0.2) is 5.84 Å². The molecule has 0 amide bonds. The van der Waals surface area contributed by atoms with Crippen molar-refractivity contribution in [1.82, 2.24) is 5.43 Å². The zero-order chi connectivity index (χ0) is 22.9. The molecule has 0 fully saturated rings. The highest BCUT2D eigenvalue weighted by Crippen LogP contribution is 2.28. The molecule has 3 N–H and O–H groups in total. The van der Waals surface area contributed by atoms with Gasteiger partial charge in [0, 0.05) is 6.07 Å². The molecular formula is C27H24FN3O2. The van der Waals surface area contributed by atoms with Gasteiger partial charge in [0.1, 0.15) is 30.5 Å². The molecule has 0 spiro atoms. The van der Waals surface area contributed by atoms with Gasteiger partial charge >= 0.3 is 0 Å². The van der Waals surface area contributed by atoms with Crippen LogP contribution in [0.5, 0.6) is 11.5 Å². The van der Waals surface area contributed by atoms with Crippen molar-refractivity contribution in [3.8, 4) is 11.5 Å². The Morgan fingerprint density at radius 1 is 0.758 bits per heavy atom. The predicted molar refractivity (Wildman–Crippen MR) is 128 cm³/mol. The minimum absolute atomic E-state index is 0.346. The summed E-state index contributed by atoms with van der Waals surface area (Å²) in [5, 5.41) is 0.